The number of aromatic nitrogens is 1. The lowest BCUT2D eigenvalue weighted by molar-refractivity contribution is -0.121. The number of ketones is 1. The molecule has 1 aromatic carbocycles. The summed E-state index contributed by atoms with van der Waals surface area (Å²) in [6, 6.07) is 7.61. The van der Waals surface area contributed by atoms with Crippen LogP contribution in [0.5, 0.6) is 5.75 Å². The van der Waals surface area contributed by atoms with Gasteiger partial charge in [0, 0.05) is 31.0 Å². The number of nitrogens with zero attached hydrogens (tertiary/aromatic N) is 1. The summed E-state index contributed by atoms with van der Waals surface area (Å²) >= 11 is 0. The highest BCUT2D eigenvalue weighted by Gasteiger charge is 2.24. The van der Waals surface area contributed by atoms with Gasteiger partial charge in [-0.1, -0.05) is 0 Å². The summed E-state index contributed by atoms with van der Waals surface area (Å²) in [6.07, 6.45) is 5.37. The number of rotatable bonds is 3. The standard InChI is InChI=1S/C19H20N2O3/c1-12(22)21-15-3-6-19(23)14(10-15)9-13-7-8-20-18-5-4-16(24-2)11-17(13)18/h4-5,7-9,11,15H,3,6,10H2,1-2H3,(H,21,22)/b14-9+. The Hall–Kier alpha value is -2.69. The van der Waals surface area contributed by atoms with Crippen LogP contribution in [-0.2, 0) is 9.59 Å². The van der Waals surface area contributed by atoms with E-state index in [0.29, 0.717) is 19.3 Å². The molecule has 124 valence electrons. The Kier molecular flexibility index (Phi) is 4.60. The first kappa shape index (κ1) is 16.2. The highest BCUT2D eigenvalue weighted by Crippen LogP contribution is 2.27. The number of amides is 1. The van der Waals surface area contributed by atoms with Gasteiger partial charge in [0.15, 0.2) is 5.78 Å². The lowest BCUT2D eigenvalue weighted by Crippen LogP contribution is -2.37. The summed E-state index contributed by atoms with van der Waals surface area (Å²) < 4.78 is 5.29. The molecule has 1 atom stereocenters. The van der Waals surface area contributed by atoms with E-state index in [1.165, 1.54) is 6.92 Å². The molecule has 5 nitrogen and oxygen atoms in total. The van der Waals surface area contributed by atoms with E-state index >= 15 is 0 Å². The van der Waals surface area contributed by atoms with Gasteiger partial charge in [-0.15, -0.1) is 0 Å². The Morgan fingerprint density at radius 2 is 2.21 bits per heavy atom. The van der Waals surface area contributed by atoms with Gasteiger partial charge in [-0.25, -0.2) is 0 Å². The molecule has 1 heterocycles. The first-order chi connectivity index (χ1) is 11.6. The van der Waals surface area contributed by atoms with Crippen molar-refractivity contribution in [2.45, 2.75) is 32.2 Å². The van der Waals surface area contributed by atoms with E-state index in [2.05, 4.69) is 10.3 Å². The van der Waals surface area contributed by atoms with E-state index in [1.807, 2.05) is 30.3 Å². The van der Waals surface area contributed by atoms with E-state index < -0.39 is 0 Å². The molecule has 1 aliphatic carbocycles. The number of carbonyl (C=O) groups excluding carboxylic acids is 2. The molecule has 0 saturated heterocycles. The van der Waals surface area contributed by atoms with Crippen LogP contribution in [0, 0.1) is 0 Å². The van der Waals surface area contributed by atoms with Gasteiger partial charge in [0.05, 0.1) is 12.6 Å². The summed E-state index contributed by atoms with van der Waals surface area (Å²) in [5.74, 6) is 0.832. The average molecular weight is 324 g/mol. The summed E-state index contributed by atoms with van der Waals surface area (Å²) in [7, 11) is 1.62. The fourth-order valence-electron chi connectivity index (χ4n) is 3.08. The molecule has 1 unspecified atom stereocenters. The van der Waals surface area contributed by atoms with Crippen LogP contribution in [0.15, 0.2) is 36.0 Å². The molecule has 0 bridgehead atoms. The fourth-order valence-corrected chi connectivity index (χ4v) is 3.08. The van der Waals surface area contributed by atoms with Crippen LogP contribution in [0.3, 0.4) is 0 Å². The molecule has 0 spiro atoms. The number of hydrogen-bond donors (Lipinski definition) is 1. The molecule has 24 heavy (non-hydrogen) atoms. The Bertz CT molecular complexity index is 826. The predicted octanol–water partition coefficient (Wildman–Crippen LogP) is 2.88. The van der Waals surface area contributed by atoms with Gasteiger partial charge in [-0.05, 0) is 54.3 Å². The average Bonchev–Trinajstić information content (AvgIpc) is 2.57. The highest BCUT2D eigenvalue weighted by atomic mass is 16.5. The van der Waals surface area contributed by atoms with Gasteiger partial charge < -0.3 is 10.1 Å². The van der Waals surface area contributed by atoms with Crippen molar-refractivity contribution in [2.75, 3.05) is 7.11 Å². The quantitative estimate of drug-likeness (QED) is 0.882. The number of ether oxygens (including phenoxy) is 1. The third-order valence-electron chi connectivity index (χ3n) is 4.26. The van der Waals surface area contributed by atoms with E-state index in [1.54, 1.807) is 13.3 Å². The molecule has 0 radical (unpaired) electrons. The lowest BCUT2D eigenvalue weighted by Gasteiger charge is -2.24. The Balaban J connectivity index is 1.98. The summed E-state index contributed by atoms with van der Waals surface area (Å²) in [5, 5.41) is 3.85. The second kappa shape index (κ2) is 6.83. The number of carbonyl (C=O) groups is 2. The summed E-state index contributed by atoms with van der Waals surface area (Å²) in [6.45, 7) is 1.50. The van der Waals surface area contributed by atoms with Gasteiger partial charge >= 0.3 is 0 Å². The van der Waals surface area contributed by atoms with Crippen LogP contribution in [0.25, 0.3) is 17.0 Å². The third-order valence-corrected chi connectivity index (χ3v) is 4.26. The minimum atomic E-state index is -0.0622. The van der Waals surface area contributed by atoms with Crippen LogP contribution in [-0.4, -0.2) is 29.8 Å². The maximum Gasteiger partial charge on any atom is 0.217 e. The van der Waals surface area contributed by atoms with Crippen LogP contribution >= 0.6 is 0 Å². The summed E-state index contributed by atoms with van der Waals surface area (Å²) in [4.78, 5) is 27.9. The second-order valence-corrected chi connectivity index (χ2v) is 6.02. The van der Waals surface area contributed by atoms with Crippen molar-refractivity contribution < 1.29 is 14.3 Å². The highest BCUT2D eigenvalue weighted by molar-refractivity contribution is 6.02. The molecule has 1 aromatic heterocycles. The van der Waals surface area contributed by atoms with Crippen LogP contribution in [0.2, 0.25) is 0 Å². The van der Waals surface area contributed by atoms with Crippen molar-refractivity contribution in [2.24, 2.45) is 0 Å². The molecule has 3 rings (SSSR count). The van der Waals surface area contributed by atoms with Crippen molar-refractivity contribution in [3.63, 3.8) is 0 Å². The van der Waals surface area contributed by atoms with Crippen LogP contribution < -0.4 is 10.1 Å². The number of nitrogens with one attached hydrogen (secondary N) is 1. The first-order valence-electron chi connectivity index (χ1n) is 8.00. The van der Waals surface area contributed by atoms with E-state index in [-0.39, 0.29) is 17.7 Å². The maximum absolute atomic E-state index is 12.3. The maximum atomic E-state index is 12.3. The number of hydrogen-bond acceptors (Lipinski definition) is 4. The predicted molar refractivity (Wildman–Crippen MR) is 92.7 cm³/mol. The zero-order chi connectivity index (χ0) is 17.1. The monoisotopic (exact) mass is 324 g/mol. The zero-order valence-corrected chi connectivity index (χ0v) is 13.8. The molecule has 2 aromatic rings. The van der Waals surface area contributed by atoms with E-state index in [4.69, 9.17) is 4.74 Å². The number of pyridine rings is 1. The fraction of sp³-hybridized carbons (Fsp3) is 0.316. The van der Waals surface area contributed by atoms with Crippen LogP contribution in [0.1, 0.15) is 31.7 Å². The minimum absolute atomic E-state index is 0.0223. The van der Waals surface area contributed by atoms with Gasteiger partial charge in [-0.2, -0.15) is 0 Å². The molecular weight excluding hydrogens is 304 g/mol. The molecule has 1 N–H and O–H groups in total. The SMILES string of the molecule is COc1ccc2nccc(/C=C3\CC(NC(C)=O)CCC3=O)c2c1. The Labute approximate surface area is 140 Å². The molecule has 1 fully saturated rings. The second-order valence-electron chi connectivity index (χ2n) is 6.02. The number of Topliss-reactive ketones (excluding diaryl/α,β-unsaturated/α-hetero) is 1. The lowest BCUT2D eigenvalue weighted by atomic mass is 9.88. The van der Waals surface area contributed by atoms with Crippen LogP contribution in [0.4, 0.5) is 0 Å². The molecule has 1 saturated carbocycles. The molecule has 1 aliphatic rings. The molecule has 1 amide bonds. The summed E-state index contributed by atoms with van der Waals surface area (Å²) in [5.41, 5.74) is 2.54. The topological polar surface area (TPSA) is 68.3 Å². The molecule has 0 aliphatic heterocycles. The van der Waals surface area contributed by atoms with E-state index in [0.717, 1.165) is 27.8 Å². The minimum Gasteiger partial charge on any atom is -0.497 e. The van der Waals surface area contributed by atoms with Gasteiger partial charge in [-0.3, -0.25) is 14.6 Å². The van der Waals surface area contributed by atoms with Gasteiger partial charge in [0.1, 0.15) is 5.75 Å². The Morgan fingerprint density at radius 3 is 2.96 bits per heavy atom. The van der Waals surface area contributed by atoms with Crippen molar-refractivity contribution in [3.05, 3.63) is 41.6 Å². The number of benzene rings is 1. The molecule has 5 heteroatoms. The van der Waals surface area contributed by atoms with Crippen molar-refractivity contribution in [1.29, 1.82) is 0 Å². The third kappa shape index (κ3) is 3.45. The van der Waals surface area contributed by atoms with Crippen molar-refractivity contribution in [1.82, 2.24) is 10.3 Å². The van der Waals surface area contributed by atoms with Gasteiger partial charge in [0.2, 0.25) is 5.91 Å². The number of fused-ring (bicyclic) bond motifs is 1. The molecular formula is C19H20N2O3. The van der Waals surface area contributed by atoms with Crippen molar-refractivity contribution in [3.8, 4) is 5.75 Å². The largest absolute Gasteiger partial charge is 0.497 e. The zero-order valence-electron chi connectivity index (χ0n) is 13.8. The Morgan fingerprint density at radius 1 is 1.38 bits per heavy atom. The normalized spacial score (nSPS) is 19.5. The van der Waals surface area contributed by atoms with Gasteiger partial charge in [0.25, 0.3) is 0 Å². The first-order valence-corrected chi connectivity index (χ1v) is 8.00. The van der Waals surface area contributed by atoms with E-state index in [9.17, 15) is 9.59 Å². The van der Waals surface area contributed by atoms with Crippen molar-refractivity contribution >= 4 is 28.7 Å². The smallest absolute Gasteiger partial charge is 0.217 e. The number of methoxy groups -OCH3 is 1.